The number of halogens is 6. The van der Waals surface area contributed by atoms with Crippen molar-refractivity contribution < 1.29 is 48.8 Å². The summed E-state index contributed by atoms with van der Waals surface area (Å²) in [5.41, 5.74) is 0. The molecule has 0 fully saturated rings. The molecule has 41 heavy (non-hydrogen) atoms. The molecule has 13 heteroatoms. The molecule has 0 aromatic heterocycles. The summed E-state index contributed by atoms with van der Waals surface area (Å²) in [6.07, 6.45) is 2.04. The number of ether oxygens (including phenoxy) is 2. The second kappa shape index (κ2) is 14.4. The topological polar surface area (TPSA) is 72.8 Å². The Morgan fingerprint density at radius 2 is 1.05 bits per heavy atom. The molecule has 1 N–H and O–H groups in total. The van der Waals surface area contributed by atoms with E-state index >= 15 is 0 Å². The maximum atomic E-state index is 12.2. The summed E-state index contributed by atoms with van der Waals surface area (Å²) in [5, 5.41) is -2.25. The van der Waals surface area contributed by atoms with Crippen LogP contribution in [0, 0.1) is 0 Å². The summed E-state index contributed by atoms with van der Waals surface area (Å²) >= 11 is 0. The molecule has 0 aliphatic heterocycles. The summed E-state index contributed by atoms with van der Waals surface area (Å²) in [6, 6.07) is 27.9. The first-order valence-corrected chi connectivity index (χ1v) is 15.3. The first-order chi connectivity index (χ1) is 19.1. The molecule has 0 atom stereocenters. The molecule has 0 saturated heterocycles. The monoisotopic (exact) mass is 624 g/mol. The third-order valence-corrected chi connectivity index (χ3v) is 8.74. The van der Waals surface area contributed by atoms with E-state index in [0.717, 1.165) is 37.6 Å². The van der Waals surface area contributed by atoms with Gasteiger partial charge in [0.05, 0.1) is 13.2 Å². The molecule has 226 valence electrons. The fourth-order valence-electron chi connectivity index (χ4n) is 3.26. The Balaban J connectivity index is 0.000000357. The molecule has 0 aliphatic rings. The normalized spacial score (nSPS) is 12.5. The number of rotatable bonds is 12. The highest BCUT2D eigenvalue weighted by Gasteiger charge is 2.75. The van der Waals surface area contributed by atoms with Gasteiger partial charge in [-0.05, 0) is 60.9 Å². The number of alkyl halides is 6. The molecule has 0 aliphatic carbocycles. The molecular weight excluding hydrogens is 593 g/mol. The first-order valence-electron chi connectivity index (χ1n) is 12.5. The molecular formula is C28H31F6O5PS. The van der Waals surface area contributed by atoms with Crippen molar-refractivity contribution >= 4 is 34.0 Å². The molecule has 3 aromatic rings. The van der Waals surface area contributed by atoms with E-state index in [-0.39, 0.29) is 0 Å². The quantitative estimate of drug-likeness (QED) is 0.137. The van der Waals surface area contributed by atoms with Gasteiger partial charge in [0.1, 0.15) is 11.5 Å². The minimum Gasteiger partial charge on any atom is -0.494 e. The second-order valence-corrected chi connectivity index (χ2v) is 12.5. The molecule has 0 bridgehead atoms. The average molecular weight is 625 g/mol. The summed E-state index contributed by atoms with van der Waals surface area (Å²) in [5.74, 6) is -9.60. The summed E-state index contributed by atoms with van der Waals surface area (Å²) < 4.78 is 111. The highest BCUT2D eigenvalue weighted by Crippen LogP contribution is 2.47. The van der Waals surface area contributed by atoms with Crippen LogP contribution in [0.4, 0.5) is 26.3 Å². The lowest BCUT2D eigenvalue weighted by molar-refractivity contribution is -0.273. The van der Waals surface area contributed by atoms with Gasteiger partial charge in [-0.25, -0.2) is 0 Å². The maximum absolute atomic E-state index is 12.2. The van der Waals surface area contributed by atoms with Crippen LogP contribution in [0.2, 0.25) is 0 Å². The zero-order valence-electron chi connectivity index (χ0n) is 22.5. The van der Waals surface area contributed by atoms with E-state index in [1.807, 2.05) is 0 Å². The van der Waals surface area contributed by atoms with Crippen LogP contribution >= 0.6 is 7.92 Å². The molecule has 5 nitrogen and oxygen atoms in total. The standard InChI is InChI=1S/C24H27O2P.C4H4F6O3S/c1-3-18-25-20-10-14-23(15-11-20)27(22-8-6-5-7-9-22)24-16-12-21(13-17-24)26-19-4-2;1-2(5,6)3(7,8)4(9,10)14(11,12)13/h5-17H,3-4,18-19H2,1-2H3;1H3,(H,11,12,13). The Morgan fingerprint density at radius 3 is 1.34 bits per heavy atom. The van der Waals surface area contributed by atoms with Gasteiger partial charge >= 0.3 is 27.2 Å². The van der Waals surface area contributed by atoms with Gasteiger partial charge in [0.15, 0.2) is 0 Å². The van der Waals surface area contributed by atoms with Gasteiger partial charge in [-0.1, -0.05) is 68.4 Å². The molecule has 0 radical (unpaired) electrons. The highest BCUT2D eigenvalue weighted by molar-refractivity contribution is 7.87. The van der Waals surface area contributed by atoms with Gasteiger partial charge in [-0.15, -0.1) is 0 Å². The summed E-state index contributed by atoms with van der Waals surface area (Å²) in [7, 11) is -7.21. The van der Waals surface area contributed by atoms with Crippen LogP contribution in [-0.2, 0) is 10.1 Å². The molecule has 0 saturated carbocycles. The van der Waals surface area contributed by atoms with Crippen molar-refractivity contribution in [2.24, 2.45) is 0 Å². The van der Waals surface area contributed by atoms with Crippen LogP contribution in [0.3, 0.4) is 0 Å². The lowest BCUT2D eigenvalue weighted by Crippen LogP contribution is -2.56. The highest BCUT2D eigenvalue weighted by atomic mass is 32.2. The van der Waals surface area contributed by atoms with Crippen LogP contribution in [0.15, 0.2) is 78.9 Å². The van der Waals surface area contributed by atoms with E-state index in [1.54, 1.807) is 0 Å². The first kappa shape index (κ1) is 34.4. The van der Waals surface area contributed by atoms with Gasteiger partial charge in [-0.2, -0.15) is 34.8 Å². The van der Waals surface area contributed by atoms with E-state index in [1.165, 1.54) is 15.9 Å². The Labute approximate surface area is 237 Å². The summed E-state index contributed by atoms with van der Waals surface area (Å²) in [4.78, 5) is 0. The lowest BCUT2D eigenvalue weighted by Gasteiger charge is -2.28. The number of hydrogen-bond donors (Lipinski definition) is 1. The van der Waals surface area contributed by atoms with E-state index < -0.39 is 42.1 Å². The lowest BCUT2D eigenvalue weighted by atomic mass is 10.2. The Kier molecular flexibility index (Phi) is 12.1. The molecule has 0 amide bonds. The minimum absolute atomic E-state index is 0.591. The van der Waals surface area contributed by atoms with E-state index in [4.69, 9.17) is 14.0 Å². The predicted molar refractivity (Wildman–Crippen MR) is 149 cm³/mol. The van der Waals surface area contributed by atoms with E-state index in [0.29, 0.717) is 0 Å². The average Bonchev–Trinajstić information content (AvgIpc) is 2.92. The van der Waals surface area contributed by atoms with Gasteiger partial charge in [0, 0.05) is 6.92 Å². The van der Waals surface area contributed by atoms with Crippen molar-refractivity contribution in [1.82, 2.24) is 0 Å². The van der Waals surface area contributed by atoms with Crippen LogP contribution < -0.4 is 25.4 Å². The minimum atomic E-state index is -6.61. The van der Waals surface area contributed by atoms with Crippen molar-refractivity contribution in [3.8, 4) is 11.5 Å². The zero-order valence-corrected chi connectivity index (χ0v) is 24.2. The van der Waals surface area contributed by atoms with Gasteiger partial charge < -0.3 is 9.47 Å². The SMILES string of the molecule is CC(F)(F)C(F)(F)C(F)(F)S(=O)(=O)O.CCCOc1ccc(P(c2ccccc2)c2ccc(OCCC)cc2)cc1. The van der Waals surface area contributed by atoms with Gasteiger partial charge in [-0.3, -0.25) is 4.55 Å². The van der Waals surface area contributed by atoms with Crippen molar-refractivity contribution in [3.05, 3.63) is 78.9 Å². The fraction of sp³-hybridized carbons (Fsp3) is 0.357. The zero-order chi connectivity index (χ0) is 30.9. The van der Waals surface area contributed by atoms with Crippen molar-refractivity contribution in [1.29, 1.82) is 0 Å². The number of benzene rings is 3. The number of hydrogen-bond acceptors (Lipinski definition) is 4. The fourth-order valence-corrected chi connectivity index (χ4v) is 6.03. The second-order valence-electron chi connectivity index (χ2n) is 8.81. The van der Waals surface area contributed by atoms with Crippen LogP contribution in [0.5, 0.6) is 11.5 Å². The molecule has 0 spiro atoms. The van der Waals surface area contributed by atoms with Crippen molar-refractivity contribution in [2.75, 3.05) is 13.2 Å². The predicted octanol–water partition coefficient (Wildman–Crippen LogP) is 6.78. The largest absolute Gasteiger partial charge is 0.494 e. The van der Waals surface area contributed by atoms with Crippen molar-refractivity contribution in [3.63, 3.8) is 0 Å². The summed E-state index contributed by atoms with van der Waals surface area (Å²) in [6.45, 7) is 5.16. The van der Waals surface area contributed by atoms with Gasteiger partial charge in [0.2, 0.25) is 0 Å². The Hall–Kier alpha value is -2.82. The van der Waals surface area contributed by atoms with Gasteiger partial charge in [0.25, 0.3) is 0 Å². The van der Waals surface area contributed by atoms with E-state index in [9.17, 15) is 34.8 Å². The Morgan fingerprint density at radius 1 is 0.683 bits per heavy atom. The smallest absolute Gasteiger partial charge is 0.437 e. The molecule has 0 unspecified atom stereocenters. The molecule has 3 rings (SSSR count). The third kappa shape index (κ3) is 8.83. The Bertz CT molecular complexity index is 1270. The third-order valence-electron chi connectivity index (χ3n) is 5.39. The maximum Gasteiger partial charge on any atom is 0.437 e. The van der Waals surface area contributed by atoms with Crippen molar-refractivity contribution in [2.45, 2.75) is 50.7 Å². The van der Waals surface area contributed by atoms with Crippen LogP contribution in [0.25, 0.3) is 0 Å². The van der Waals surface area contributed by atoms with Crippen LogP contribution in [0.1, 0.15) is 33.6 Å². The molecule has 0 heterocycles. The molecule has 3 aromatic carbocycles. The van der Waals surface area contributed by atoms with E-state index in [2.05, 4.69) is 92.7 Å². The van der Waals surface area contributed by atoms with Crippen LogP contribution in [-0.4, -0.2) is 43.3 Å².